The first-order valence-electron chi connectivity index (χ1n) is 6.92. The average molecular weight is 254 g/mol. The van der Waals surface area contributed by atoms with Gasteiger partial charge in [-0.2, -0.15) is 0 Å². The molecule has 0 heterocycles. The average Bonchev–Trinajstić information content (AvgIpc) is 2.43. The van der Waals surface area contributed by atoms with E-state index in [1.54, 1.807) is 0 Å². The quantitative estimate of drug-likeness (QED) is 0.511. The molecule has 1 rings (SSSR count). The van der Waals surface area contributed by atoms with Crippen molar-refractivity contribution in [3.8, 4) is 0 Å². The first-order chi connectivity index (χ1) is 8.75. The van der Waals surface area contributed by atoms with Crippen LogP contribution >= 0.6 is 0 Å². The van der Waals surface area contributed by atoms with E-state index in [4.69, 9.17) is 10.5 Å². The zero-order valence-corrected chi connectivity index (χ0v) is 11.2. The van der Waals surface area contributed by atoms with Crippen molar-refractivity contribution in [2.45, 2.75) is 38.5 Å². The van der Waals surface area contributed by atoms with Crippen LogP contribution in [0.2, 0.25) is 0 Å². The number of carbonyl (C=O) groups is 1. The number of nitrogens with one attached hydrogen (secondary N) is 1. The highest BCUT2D eigenvalue weighted by atomic mass is 16.5. The Balaban J connectivity index is 2.23. The van der Waals surface area contributed by atoms with Gasteiger partial charge in [0.1, 0.15) is 0 Å². The Labute approximate surface area is 110 Å². The molecule has 0 spiro atoms. The van der Waals surface area contributed by atoms with E-state index in [2.05, 4.69) is 11.9 Å². The lowest BCUT2D eigenvalue weighted by atomic mass is 9.73. The molecule has 18 heavy (non-hydrogen) atoms. The van der Waals surface area contributed by atoms with E-state index in [9.17, 15) is 4.79 Å². The molecule has 0 radical (unpaired) electrons. The standard InChI is InChI=1S/C14H26N2O2/c1-2-3-10-18-11-9-16-13(17)14(12-15)7-5-4-6-8-14/h2H,1,3-12,15H2,(H,16,17). The molecule has 0 aromatic heterocycles. The van der Waals surface area contributed by atoms with Crippen molar-refractivity contribution in [1.82, 2.24) is 5.32 Å². The van der Waals surface area contributed by atoms with E-state index in [-0.39, 0.29) is 11.3 Å². The second-order valence-corrected chi connectivity index (χ2v) is 4.99. The van der Waals surface area contributed by atoms with Gasteiger partial charge in [0.05, 0.1) is 18.6 Å². The molecule has 1 amide bonds. The van der Waals surface area contributed by atoms with Gasteiger partial charge in [-0.25, -0.2) is 0 Å². The van der Waals surface area contributed by atoms with Crippen LogP contribution in [0, 0.1) is 5.41 Å². The van der Waals surface area contributed by atoms with Gasteiger partial charge in [-0.1, -0.05) is 25.3 Å². The fourth-order valence-corrected chi connectivity index (χ4v) is 2.45. The molecule has 1 saturated carbocycles. The topological polar surface area (TPSA) is 64.3 Å². The van der Waals surface area contributed by atoms with Crippen molar-refractivity contribution in [2.75, 3.05) is 26.3 Å². The maximum atomic E-state index is 12.2. The first-order valence-corrected chi connectivity index (χ1v) is 6.92. The lowest BCUT2D eigenvalue weighted by molar-refractivity contribution is -0.132. The third-order valence-electron chi connectivity index (χ3n) is 3.68. The maximum Gasteiger partial charge on any atom is 0.227 e. The summed E-state index contributed by atoms with van der Waals surface area (Å²) in [7, 11) is 0. The number of carbonyl (C=O) groups excluding carboxylic acids is 1. The van der Waals surface area contributed by atoms with Gasteiger partial charge >= 0.3 is 0 Å². The van der Waals surface area contributed by atoms with Crippen LogP contribution in [-0.2, 0) is 9.53 Å². The summed E-state index contributed by atoms with van der Waals surface area (Å²) in [6, 6.07) is 0. The Hall–Kier alpha value is -0.870. The number of rotatable bonds is 8. The predicted molar refractivity (Wildman–Crippen MR) is 73.2 cm³/mol. The van der Waals surface area contributed by atoms with E-state index in [0.717, 1.165) is 32.1 Å². The lowest BCUT2D eigenvalue weighted by Gasteiger charge is -2.34. The van der Waals surface area contributed by atoms with Crippen LogP contribution < -0.4 is 11.1 Å². The normalized spacial score (nSPS) is 18.3. The molecule has 4 nitrogen and oxygen atoms in total. The fourth-order valence-electron chi connectivity index (χ4n) is 2.45. The molecule has 0 unspecified atom stereocenters. The molecule has 0 aromatic carbocycles. The van der Waals surface area contributed by atoms with Crippen LogP contribution in [0.3, 0.4) is 0 Å². The number of hydrogen-bond acceptors (Lipinski definition) is 3. The van der Waals surface area contributed by atoms with E-state index in [0.29, 0.717) is 26.3 Å². The molecule has 1 aliphatic rings. The Kier molecular flexibility index (Phi) is 6.98. The highest BCUT2D eigenvalue weighted by Crippen LogP contribution is 2.35. The molecule has 0 aromatic rings. The lowest BCUT2D eigenvalue weighted by Crippen LogP contribution is -2.47. The van der Waals surface area contributed by atoms with Crippen molar-refractivity contribution in [3.05, 3.63) is 12.7 Å². The van der Waals surface area contributed by atoms with Crippen molar-refractivity contribution >= 4 is 5.91 Å². The Morgan fingerprint density at radius 2 is 2.06 bits per heavy atom. The zero-order chi connectivity index (χ0) is 13.3. The van der Waals surface area contributed by atoms with Gasteiger partial charge in [0.15, 0.2) is 0 Å². The first kappa shape index (κ1) is 15.2. The van der Waals surface area contributed by atoms with Crippen molar-refractivity contribution in [2.24, 2.45) is 11.1 Å². The molecular formula is C14H26N2O2. The largest absolute Gasteiger partial charge is 0.379 e. The van der Waals surface area contributed by atoms with Gasteiger partial charge in [-0.15, -0.1) is 6.58 Å². The molecular weight excluding hydrogens is 228 g/mol. The van der Waals surface area contributed by atoms with Gasteiger partial charge in [-0.05, 0) is 19.3 Å². The number of hydrogen-bond donors (Lipinski definition) is 2. The Morgan fingerprint density at radius 1 is 1.33 bits per heavy atom. The van der Waals surface area contributed by atoms with Crippen LogP contribution in [0.5, 0.6) is 0 Å². The number of ether oxygens (including phenoxy) is 1. The molecule has 0 atom stereocenters. The SMILES string of the molecule is C=CCCOCCNC(=O)C1(CN)CCCCC1. The van der Waals surface area contributed by atoms with E-state index in [1.807, 2.05) is 6.08 Å². The third-order valence-corrected chi connectivity index (χ3v) is 3.68. The summed E-state index contributed by atoms with van der Waals surface area (Å²) >= 11 is 0. The van der Waals surface area contributed by atoms with Gasteiger partial charge in [0.25, 0.3) is 0 Å². The fraction of sp³-hybridized carbons (Fsp3) is 0.786. The second kappa shape index (κ2) is 8.27. The van der Waals surface area contributed by atoms with Crippen LogP contribution in [-0.4, -0.2) is 32.2 Å². The predicted octanol–water partition coefficient (Wildman–Crippen LogP) is 1.60. The highest BCUT2D eigenvalue weighted by Gasteiger charge is 2.37. The third kappa shape index (κ3) is 4.42. The van der Waals surface area contributed by atoms with Crippen molar-refractivity contribution < 1.29 is 9.53 Å². The minimum Gasteiger partial charge on any atom is -0.379 e. The minimum absolute atomic E-state index is 0.108. The van der Waals surface area contributed by atoms with Gasteiger partial charge < -0.3 is 15.8 Å². The summed E-state index contributed by atoms with van der Waals surface area (Å²) in [5, 5.41) is 2.95. The zero-order valence-electron chi connectivity index (χ0n) is 11.2. The van der Waals surface area contributed by atoms with E-state index >= 15 is 0 Å². The van der Waals surface area contributed by atoms with Crippen molar-refractivity contribution in [1.29, 1.82) is 0 Å². The molecule has 0 bridgehead atoms. The number of nitrogens with two attached hydrogens (primary N) is 1. The highest BCUT2D eigenvalue weighted by molar-refractivity contribution is 5.83. The summed E-state index contributed by atoms with van der Waals surface area (Å²) < 4.78 is 5.36. The Morgan fingerprint density at radius 3 is 2.67 bits per heavy atom. The van der Waals surface area contributed by atoms with Gasteiger partial charge in [0.2, 0.25) is 5.91 Å². The van der Waals surface area contributed by atoms with Gasteiger partial charge in [-0.3, -0.25) is 4.79 Å². The molecule has 1 fully saturated rings. The molecule has 104 valence electrons. The van der Waals surface area contributed by atoms with E-state index < -0.39 is 0 Å². The van der Waals surface area contributed by atoms with Crippen LogP contribution in [0.25, 0.3) is 0 Å². The molecule has 0 aliphatic heterocycles. The minimum atomic E-state index is -0.320. The molecule has 0 saturated heterocycles. The van der Waals surface area contributed by atoms with Gasteiger partial charge in [0, 0.05) is 13.1 Å². The maximum absolute atomic E-state index is 12.2. The summed E-state index contributed by atoms with van der Waals surface area (Å²) in [4.78, 5) is 12.2. The second-order valence-electron chi connectivity index (χ2n) is 4.99. The molecule has 4 heteroatoms. The summed E-state index contributed by atoms with van der Waals surface area (Å²) in [5.74, 6) is 0.108. The summed E-state index contributed by atoms with van der Waals surface area (Å²) in [6.45, 7) is 5.87. The number of amides is 1. The van der Waals surface area contributed by atoms with E-state index in [1.165, 1.54) is 6.42 Å². The molecule has 3 N–H and O–H groups in total. The smallest absolute Gasteiger partial charge is 0.227 e. The monoisotopic (exact) mass is 254 g/mol. The summed E-state index contributed by atoms with van der Waals surface area (Å²) in [6.07, 6.45) is 7.96. The Bertz CT molecular complexity index is 261. The van der Waals surface area contributed by atoms with Crippen molar-refractivity contribution in [3.63, 3.8) is 0 Å². The van der Waals surface area contributed by atoms with Crippen LogP contribution in [0.4, 0.5) is 0 Å². The summed E-state index contributed by atoms with van der Waals surface area (Å²) in [5.41, 5.74) is 5.49. The van der Waals surface area contributed by atoms with Crippen LogP contribution in [0.15, 0.2) is 12.7 Å². The molecule has 1 aliphatic carbocycles. The van der Waals surface area contributed by atoms with Crippen LogP contribution in [0.1, 0.15) is 38.5 Å².